The Bertz CT molecular complexity index is 262. The van der Waals surface area contributed by atoms with Crippen molar-refractivity contribution in [3.63, 3.8) is 0 Å². The molecule has 1 amide bonds. The lowest BCUT2D eigenvalue weighted by Crippen LogP contribution is -2.41. The molecule has 0 bridgehead atoms. The lowest BCUT2D eigenvalue weighted by atomic mass is 9.80. The number of hydrogen-bond donors (Lipinski definition) is 3. The summed E-state index contributed by atoms with van der Waals surface area (Å²) in [7, 11) is 0. The number of carbonyl (C=O) groups is 1. The Morgan fingerprint density at radius 3 is 2.93 bits per heavy atom. The molecule has 0 heterocycles. The van der Waals surface area contributed by atoms with Gasteiger partial charge in [0, 0.05) is 12.0 Å². The van der Waals surface area contributed by atoms with E-state index >= 15 is 0 Å². The first-order chi connectivity index (χ1) is 6.60. The van der Waals surface area contributed by atoms with E-state index in [1.807, 2.05) is 6.08 Å². The van der Waals surface area contributed by atoms with Gasteiger partial charge in [0.05, 0.1) is 6.10 Å². The molecule has 4 nitrogen and oxygen atoms in total. The van der Waals surface area contributed by atoms with Crippen LogP contribution in [0.15, 0.2) is 24.8 Å². The van der Waals surface area contributed by atoms with Crippen molar-refractivity contribution >= 4 is 6.09 Å². The zero-order valence-electron chi connectivity index (χ0n) is 7.94. The fourth-order valence-electron chi connectivity index (χ4n) is 1.75. The summed E-state index contributed by atoms with van der Waals surface area (Å²) in [5.74, 6) is 0. The van der Waals surface area contributed by atoms with E-state index in [9.17, 15) is 9.90 Å². The van der Waals surface area contributed by atoms with Crippen LogP contribution < -0.4 is 5.32 Å². The third kappa shape index (κ3) is 2.14. The predicted molar refractivity (Wildman–Crippen MR) is 53.0 cm³/mol. The standard InChI is InChI=1S/C10H15NO3/c1-2-5-10(7-11-9(13)14)6-3-4-8(10)12/h2-4,8,11-12H,1,5-7H2,(H,13,14). The second kappa shape index (κ2) is 4.28. The van der Waals surface area contributed by atoms with Crippen molar-refractivity contribution in [2.45, 2.75) is 18.9 Å². The Balaban J connectivity index is 2.63. The van der Waals surface area contributed by atoms with E-state index in [0.717, 1.165) is 0 Å². The van der Waals surface area contributed by atoms with E-state index in [1.54, 1.807) is 12.2 Å². The van der Waals surface area contributed by atoms with Gasteiger partial charge >= 0.3 is 6.09 Å². The Hall–Kier alpha value is -1.29. The highest BCUT2D eigenvalue weighted by molar-refractivity contribution is 5.64. The van der Waals surface area contributed by atoms with Crippen molar-refractivity contribution in [3.05, 3.63) is 24.8 Å². The Morgan fingerprint density at radius 2 is 2.50 bits per heavy atom. The quantitative estimate of drug-likeness (QED) is 0.592. The van der Waals surface area contributed by atoms with Gasteiger partial charge in [-0.25, -0.2) is 4.79 Å². The SMILES string of the molecule is C=CCC1(CNC(=O)O)CC=CC1O. The molecule has 0 aromatic heterocycles. The van der Waals surface area contributed by atoms with Crippen LogP contribution in [0.5, 0.6) is 0 Å². The Kier molecular flexibility index (Phi) is 3.30. The van der Waals surface area contributed by atoms with Crippen molar-refractivity contribution in [2.75, 3.05) is 6.54 Å². The highest BCUT2D eigenvalue weighted by Gasteiger charge is 2.38. The molecule has 3 N–H and O–H groups in total. The second-order valence-electron chi connectivity index (χ2n) is 3.59. The van der Waals surface area contributed by atoms with Crippen LogP contribution in [-0.2, 0) is 0 Å². The van der Waals surface area contributed by atoms with Gasteiger partial charge in [-0.05, 0) is 12.8 Å². The third-order valence-electron chi connectivity index (χ3n) is 2.61. The lowest BCUT2D eigenvalue weighted by molar-refractivity contribution is 0.0763. The van der Waals surface area contributed by atoms with Gasteiger partial charge in [0.1, 0.15) is 0 Å². The number of amides is 1. The molecule has 2 unspecified atom stereocenters. The largest absolute Gasteiger partial charge is 0.465 e. The average molecular weight is 197 g/mol. The highest BCUT2D eigenvalue weighted by Crippen LogP contribution is 2.36. The summed E-state index contributed by atoms with van der Waals surface area (Å²) in [6, 6.07) is 0. The van der Waals surface area contributed by atoms with Crippen molar-refractivity contribution in [3.8, 4) is 0 Å². The number of allylic oxidation sites excluding steroid dienone is 2. The molecule has 0 fully saturated rings. The maximum absolute atomic E-state index is 10.4. The third-order valence-corrected chi connectivity index (χ3v) is 2.61. The summed E-state index contributed by atoms with van der Waals surface area (Å²) in [5, 5.41) is 20.5. The van der Waals surface area contributed by atoms with E-state index in [-0.39, 0.29) is 6.54 Å². The van der Waals surface area contributed by atoms with Gasteiger partial charge in [0.15, 0.2) is 0 Å². The maximum atomic E-state index is 10.4. The predicted octanol–water partition coefficient (Wildman–Crippen LogP) is 1.14. The molecule has 4 heteroatoms. The van der Waals surface area contributed by atoms with Gasteiger partial charge in [-0.1, -0.05) is 18.2 Å². The van der Waals surface area contributed by atoms with E-state index in [4.69, 9.17) is 5.11 Å². The van der Waals surface area contributed by atoms with E-state index in [2.05, 4.69) is 11.9 Å². The van der Waals surface area contributed by atoms with Gasteiger partial charge < -0.3 is 15.5 Å². The van der Waals surface area contributed by atoms with Gasteiger partial charge in [0.25, 0.3) is 0 Å². The minimum absolute atomic E-state index is 0.252. The van der Waals surface area contributed by atoms with Crippen LogP contribution in [0.2, 0.25) is 0 Å². The first-order valence-corrected chi connectivity index (χ1v) is 4.53. The molecular formula is C10H15NO3. The van der Waals surface area contributed by atoms with Gasteiger partial charge in [-0.3, -0.25) is 0 Å². The summed E-state index contributed by atoms with van der Waals surface area (Å²) in [6.07, 6.45) is 4.91. The summed E-state index contributed by atoms with van der Waals surface area (Å²) in [6.45, 7) is 3.87. The van der Waals surface area contributed by atoms with Gasteiger partial charge in [0.2, 0.25) is 0 Å². The van der Waals surface area contributed by atoms with E-state index < -0.39 is 17.6 Å². The summed E-state index contributed by atoms with van der Waals surface area (Å²) >= 11 is 0. The van der Waals surface area contributed by atoms with Crippen molar-refractivity contribution in [1.82, 2.24) is 5.32 Å². The molecular weight excluding hydrogens is 182 g/mol. The van der Waals surface area contributed by atoms with Crippen LogP contribution in [0.25, 0.3) is 0 Å². The van der Waals surface area contributed by atoms with E-state index in [0.29, 0.717) is 12.8 Å². The van der Waals surface area contributed by atoms with Gasteiger partial charge in [-0.2, -0.15) is 0 Å². The van der Waals surface area contributed by atoms with Crippen molar-refractivity contribution < 1.29 is 15.0 Å². The molecule has 0 aromatic carbocycles. The molecule has 0 radical (unpaired) electrons. The van der Waals surface area contributed by atoms with Crippen LogP contribution in [-0.4, -0.2) is 29.0 Å². The minimum Gasteiger partial charge on any atom is -0.465 e. The molecule has 1 aliphatic carbocycles. The highest BCUT2D eigenvalue weighted by atomic mass is 16.4. The molecule has 78 valence electrons. The van der Waals surface area contributed by atoms with Crippen molar-refractivity contribution in [2.24, 2.45) is 5.41 Å². The molecule has 0 saturated carbocycles. The number of nitrogens with one attached hydrogen (secondary N) is 1. The van der Waals surface area contributed by atoms with Crippen LogP contribution in [0.1, 0.15) is 12.8 Å². The summed E-state index contributed by atoms with van der Waals surface area (Å²) < 4.78 is 0. The van der Waals surface area contributed by atoms with Crippen molar-refractivity contribution in [1.29, 1.82) is 0 Å². The van der Waals surface area contributed by atoms with Crippen LogP contribution >= 0.6 is 0 Å². The number of carboxylic acid groups (broad SMARTS) is 1. The first kappa shape index (κ1) is 10.8. The topological polar surface area (TPSA) is 69.6 Å². The molecule has 0 saturated heterocycles. The summed E-state index contributed by atoms with van der Waals surface area (Å²) in [5.41, 5.74) is -0.430. The molecule has 14 heavy (non-hydrogen) atoms. The average Bonchev–Trinajstić information content (AvgIpc) is 2.46. The molecule has 0 aliphatic heterocycles. The number of hydrogen-bond acceptors (Lipinski definition) is 2. The number of rotatable bonds is 4. The zero-order valence-corrected chi connectivity index (χ0v) is 7.94. The maximum Gasteiger partial charge on any atom is 0.404 e. The second-order valence-corrected chi connectivity index (χ2v) is 3.59. The molecule has 1 aliphatic rings. The van der Waals surface area contributed by atoms with Crippen LogP contribution in [0.3, 0.4) is 0 Å². The molecule has 1 rings (SSSR count). The minimum atomic E-state index is -1.06. The summed E-state index contributed by atoms with van der Waals surface area (Å²) in [4.78, 5) is 10.4. The monoisotopic (exact) mass is 197 g/mol. The zero-order chi connectivity index (χ0) is 10.6. The smallest absolute Gasteiger partial charge is 0.404 e. The first-order valence-electron chi connectivity index (χ1n) is 4.53. The Labute approximate surface area is 82.9 Å². The normalized spacial score (nSPS) is 30.2. The molecule has 2 atom stereocenters. The number of aliphatic hydroxyl groups excluding tert-OH is 1. The van der Waals surface area contributed by atoms with Gasteiger partial charge in [-0.15, -0.1) is 6.58 Å². The molecule has 0 aromatic rings. The fourth-order valence-corrected chi connectivity index (χ4v) is 1.75. The lowest BCUT2D eigenvalue weighted by Gasteiger charge is -2.31. The van der Waals surface area contributed by atoms with Crippen LogP contribution in [0, 0.1) is 5.41 Å². The Morgan fingerprint density at radius 1 is 1.79 bits per heavy atom. The van der Waals surface area contributed by atoms with E-state index in [1.165, 1.54) is 0 Å². The molecule has 0 spiro atoms. The van der Waals surface area contributed by atoms with Crippen LogP contribution in [0.4, 0.5) is 4.79 Å². The fraction of sp³-hybridized carbons (Fsp3) is 0.500. The number of aliphatic hydroxyl groups is 1.